The van der Waals surface area contributed by atoms with Crippen LogP contribution in [0.2, 0.25) is 0 Å². The predicted molar refractivity (Wildman–Crippen MR) is 138 cm³/mol. The van der Waals surface area contributed by atoms with E-state index >= 15 is 0 Å². The van der Waals surface area contributed by atoms with Gasteiger partial charge >= 0.3 is 5.97 Å². The summed E-state index contributed by atoms with van der Waals surface area (Å²) in [6.07, 6.45) is 0.950. The number of rotatable bonds is 9. The molecule has 0 spiro atoms. The van der Waals surface area contributed by atoms with E-state index in [1.807, 2.05) is 58.0 Å². The second-order valence-electron chi connectivity index (χ2n) is 9.64. The molecule has 0 amide bonds. The van der Waals surface area contributed by atoms with Crippen LogP contribution in [0.1, 0.15) is 62.5 Å². The molecule has 0 radical (unpaired) electrons. The number of nitrogens with one attached hydrogen (secondary N) is 1. The minimum Gasteiger partial charge on any atom is -0.493 e. The molecular formula is C29H35NO7. The first-order chi connectivity index (χ1) is 17.7. The van der Waals surface area contributed by atoms with Gasteiger partial charge < -0.3 is 28.7 Å². The quantitative estimate of drug-likeness (QED) is 0.375. The van der Waals surface area contributed by atoms with Crippen molar-refractivity contribution in [2.24, 2.45) is 0 Å². The molecule has 1 aliphatic heterocycles. The van der Waals surface area contributed by atoms with Crippen LogP contribution in [0.4, 0.5) is 0 Å². The van der Waals surface area contributed by atoms with Crippen molar-refractivity contribution in [1.82, 2.24) is 5.32 Å². The van der Waals surface area contributed by atoms with Crippen LogP contribution in [0.3, 0.4) is 0 Å². The van der Waals surface area contributed by atoms with E-state index < -0.39 is 11.9 Å². The van der Waals surface area contributed by atoms with Crippen molar-refractivity contribution >= 4 is 11.8 Å². The van der Waals surface area contributed by atoms with E-state index in [9.17, 15) is 9.59 Å². The molecule has 2 aromatic rings. The lowest BCUT2D eigenvalue weighted by molar-refractivity contribution is -0.141. The zero-order chi connectivity index (χ0) is 26.7. The maximum atomic E-state index is 13.7. The maximum Gasteiger partial charge on any atom is 0.336 e. The molecule has 4 rings (SSSR count). The van der Waals surface area contributed by atoms with Gasteiger partial charge in [0.2, 0.25) is 0 Å². The highest BCUT2D eigenvalue weighted by Gasteiger charge is 2.43. The van der Waals surface area contributed by atoms with Gasteiger partial charge in [0.05, 0.1) is 38.4 Å². The lowest BCUT2D eigenvalue weighted by Crippen LogP contribution is -2.36. The zero-order valence-corrected chi connectivity index (χ0v) is 22.3. The van der Waals surface area contributed by atoms with Gasteiger partial charge in [-0.25, -0.2) is 4.79 Å². The number of carbonyl (C=O) groups is 2. The summed E-state index contributed by atoms with van der Waals surface area (Å²) in [7, 11) is 3.19. The Hall–Kier alpha value is -3.52. The fraction of sp³-hybridized carbons (Fsp3) is 0.448. The summed E-state index contributed by atoms with van der Waals surface area (Å²) in [6, 6.07) is 9.40. The number of aryl methyl sites for hydroxylation is 1. The van der Waals surface area contributed by atoms with Crippen LogP contribution in [-0.2, 0) is 19.1 Å². The molecule has 2 aliphatic rings. The molecule has 1 aliphatic carbocycles. The molecule has 198 valence electrons. The molecule has 1 N–H and O–H groups in total. The Morgan fingerprint density at radius 1 is 1.05 bits per heavy atom. The van der Waals surface area contributed by atoms with Gasteiger partial charge in [-0.05, 0) is 69.9 Å². The average Bonchev–Trinajstić information content (AvgIpc) is 3.30. The number of ether oxygens (including phenoxy) is 4. The van der Waals surface area contributed by atoms with E-state index in [0.29, 0.717) is 59.3 Å². The largest absolute Gasteiger partial charge is 0.493 e. The third-order valence-corrected chi connectivity index (χ3v) is 6.74. The number of benzene rings is 1. The van der Waals surface area contributed by atoms with Crippen LogP contribution >= 0.6 is 0 Å². The molecule has 1 aromatic carbocycles. The standard InChI is InChI=1S/C29H35NO7/c1-16(2)35-11-12-36-29(32)26-18(4)30-21-13-20(19-8-10-23(33-5)25(15-19)34-6)14-22(31)27(21)28(26)24-9-7-17(3)37-24/h7-10,15-16,20,28,30H,11-14H2,1-6H3. The summed E-state index contributed by atoms with van der Waals surface area (Å²) in [5, 5.41) is 3.35. The molecule has 2 unspecified atom stereocenters. The first-order valence-electron chi connectivity index (χ1n) is 12.5. The van der Waals surface area contributed by atoms with Gasteiger partial charge in [-0.2, -0.15) is 0 Å². The normalized spacial score (nSPS) is 19.6. The van der Waals surface area contributed by atoms with E-state index in [-0.39, 0.29) is 24.4 Å². The van der Waals surface area contributed by atoms with Crippen molar-refractivity contribution < 1.29 is 33.0 Å². The van der Waals surface area contributed by atoms with Crippen LogP contribution in [0.5, 0.6) is 11.5 Å². The fourth-order valence-electron chi connectivity index (χ4n) is 5.04. The fourth-order valence-corrected chi connectivity index (χ4v) is 5.04. The van der Waals surface area contributed by atoms with Gasteiger partial charge in [0, 0.05) is 23.4 Å². The lowest BCUT2D eigenvalue weighted by atomic mass is 9.73. The third kappa shape index (κ3) is 5.59. The highest BCUT2D eigenvalue weighted by molar-refractivity contribution is 6.04. The first-order valence-corrected chi connectivity index (χ1v) is 12.5. The number of hydrogen-bond acceptors (Lipinski definition) is 8. The summed E-state index contributed by atoms with van der Waals surface area (Å²) in [5.74, 6) is 1.31. The molecule has 2 heterocycles. The number of dihydropyridines is 1. The minimum absolute atomic E-state index is 0.0338. The van der Waals surface area contributed by atoms with Crippen molar-refractivity contribution in [2.75, 3.05) is 27.4 Å². The zero-order valence-electron chi connectivity index (χ0n) is 22.3. The summed E-state index contributed by atoms with van der Waals surface area (Å²) in [4.78, 5) is 27.0. The molecule has 1 aromatic heterocycles. The number of furan rings is 1. The smallest absolute Gasteiger partial charge is 0.336 e. The Balaban J connectivity index is 1.66. The lowest BCUT2D eigenvalue weighted by Gasteiger charge is -2.35. The van der Waals surface area contributed by atoms with Crippen molar-refractivity contribution in [3.05, 3.63) is 70.0 Å². The molecule has 0 bridgehead atoms. The number of hydrogen-bond donors (Lipinski definition) is 1. The number of allylic oxidation sites excluding steroid dienone is 3. The topological polar surface area (TPSA) is 96.2 Å². The molecular weight excluding hydrogens is 474 g/mol. The van der Waals surface area contributed by atoms with Gasteiger partial charge in [-0.3, -0.25) is 4.79 Å². The van der Waals surface area contributed by atoms with Crippen LogP contribution in [0.25, 0.3) is 0 Å². The van der Waals surface area contributed by atoms with Crippen molar-refractivity contribution in [3.63, 3.8) is 0 Å². The van der Waals surface area contributed by atoms with Crippen LogP contribution in [-0.4, -0.2) is 45.3 Å². The number of ketones is 1. The van der Waals surface area contributed by atoms with E-state index in [2.05, 4.69) is 5.32 Å². The molecule has 8 heteroatoms. The van der Waals surface area contributed by atoms with Crippen LogP contribution in [0, 0.1) is 6.92 Å². The second kappa shape index (κ2) is 11.3. The Morgan fingerprint density at radius 3 is 2.46 bits per heavy atom. The monoisotopic (exact) mass is 509 g/mol. The van der Waals surface area contributed by atoms with Gasteiger partial charge in [-0.1, -0.05) is 6.07 Å². The maximum absolute atomic E-state index is 13.7. The SMILES string of the molecule is COc1ccc(C2CC(=O)C3=C(C2)NC(C)=C(C(=O)OCCOC(C)C)C3c2ccc(C)o2)cc1OC. The number of carbonyl (C=O) groups excluding carboxylic acids is 2. The highest BCUT2D eigenvalue weighted by Crippen LogP contribution is 2.46. The molecule has 0 saturated carbocycles. The number of esters is 1. The molecule has 37 heavy (non-hydrogen) atoms. The van der Waals surface area contributed by atoms with Gasteiger partial charge in [0.25, 0.3) is 0 Å². The van der Waals surface area contributed by atoms with E-state index in [0.717, 1.165) is 11.3 Å². The molecule has 0 saturated heterocycles. The van der Waals surface area contributed by atoms with Crippen LogP contribution in [0.15, 0.2) is 57.3 Å². The summed E-state index contributed by atoms with van der Waals surface area (Å²) in [6.45, 7) is 7.94. The van der Waals surface area contributed by atoms with E-state index in [1.165, 1.54) is 0 Å². The Morgan fingerprint density at radius 2 is 1.81 bits per heavy atom. The summed E-state index contributed by atoms with van der Waals surface area (Å²) >= 11 is 0. The second-order valence-corrected chi connectivity index (χ2v) is 9.64. The number of Topliss-reactive ketones (excluding diaryl/α,β-unsaturated/α-hetero) is 1. The Bertz CT molecular complexity index is 1240. The Kier molecular flexibility index (Phi) is 8.07. The van der Waals surface area contributed by atoms with Crippen molar-refractivity contribution in [3.8, 4) is 11.5 Å². The van der Waals surface area contributed by atoms with Crippen LogP contribution < -0.4 is 14.8 Å². The Labute approximate surface area is 217 Å². The number of methoxy groups -OCH3 is 2. The minimum atomic E-state index is -0.637. The van der Waals surface area contributed by atoms with Gasteiger partial charge in [0.15, 0.2) is 17.3 Å². The van der Waals surface area contributed by atoms with E-state index in [1.54, 1.807) is 14.2 Å². The average molecular weight is 510 g/mol. The first kappa shape index (κ1) is 26.5. The molecule has 0 fully saturated rings. The van der Waals surface area contributed by atoms with Gasteiger partial charge in [0.1, 0.15) is 18.1 Å². The van der Waals surface area contributed by atoms with Crippen molar-refractivity contribution in [2.45, 2.75) is 58.5 Å². The van der Waals surface area contributed by atoms with Crippen molar-refractivity contribution in [1.29, 1.82) is 0 Å². The van der Waals surface area contributed by atoms with Gasteiger partial charge in [-0.15, -0.1) is 0 Å². The highest BCUT2D eigenvalue weighted by atomic mass is 16.6. The summed E-state index contributed by atoms with van der Waals surface area (Å²) in [5.41, 5.74) is 3.37. The third-order valence-electron chi connectivity index (χ3n) is 6.74. The van der Waals surface area contributed by atoms with E-state index in [4.69, 9.17) is 23.4 Å². The molecule has 8 nitrogen and oxygen atoms in total. The molecule has 2 atom stereocenters. The summed E-state index contributed by atoms with van der Waals surface area (Å²) < 4.78 is 27.8. The predicted octanol–water partition coefficient (Wildman–Crippen LogP) is 4.94.